The van der Waals surface area contributed by atoms with Crippen LogP contribution < -0.4 is 5.32 Å². The first-order chi connectivity index (χ1) is 7.68. The number of nitrogens with one attached hydrogen (secondary N) is 1. The molecule has 1 unspecified atom stereocenters. The summed E-state index contributed by atoms with van der Waals surface area (Å²) >= 11 is 3.33. The molecular formula is C13H18BrNO. The summed E-state index contributed by atoms with van der Waals surface area (Å²) in [5, 5.41) is 13.3. The maximum Gasteiger partial charge on any atom is 0.134 e. The first kappa shape index (κ1) is 11.9. The minimum Gasteiger partial charge on any atom is -0.506 e. The number of hydrogen-bond donors (Lipinski definition) is 2. The lowest BCUT2D eigenvalue weighted by Crippen LogP contribution is -2.36. The largest absolute Gasteiger partial charge is 0.506 e. The van der Waals surface area contributed by atoms with Crippen LogP contribution in [0.25, 0.3) is 0 Å². The van der Waals surface area contributed by atoms with E-state index in [4.69, 9.17) is 0 Å². The molecule has 0 bridgehead atoms. The van der Waals surface area contributed by atoms with Crippen LogP contribution >= 0.6 is 15.9 Å². The summed E-state index contributed by atoms with van der Waals surface area (Å²) in [4.78, 5) is 0. The van der Waals surface area contributed by atoms with E-state index in [1.165, 1.54) is 19.3 Å². The summed E-state index contributed by atoms with van der Waals surface area (Å²) in [6.07, 6.45) is 4.07. The Balaban J connectivity index is 1.91. The van der Waals surface area contributed by atoms with Gasteiger partial charge >= 0.3 is 0 Å². The van der Waals surface area contributed by atoms with Crippen molar-refractivity contribution in [3.63, 3.8) is 0 Å². The van der Waals surface area contributed by atoms with Gasteiger partial charge in [-0.15, -0.1) is 0 Å². The SMILES string of the molecule is CC(NCc1cccc(Br)c1O)C1CCC1. The van der Waals surface area contributed by atoms with Crippen LogP contribution in [0, 0.1) is 5.92 Å². The second-order valence-electron chi connectivity index (χ2n) is 4.61. The van der Waals surface area contributed by atoms with Crippen LogP contribution in [-0.4, -0.2) is 11.1 Å². The van der Waals surface area contributed by atoms with Crippen LogP contribution in [0.4, 0.5) is 0 Å². The Morgan fingerprint density at radius 1 is 1.50 bits per heavy atom. The van der Waals surface area contributed by atoms with E-state index in [0.717, 1.165) is 22.5 Å². The lowest BCUT2D eigenvalue weighted by atomic mass is 9.80. The molecule has 0 heterocycles. The molecule has 0 aliphatic heterocycles. The smallest absolute Gasteiger partial charge is 0.134 e. The molecule has 1 aliphatic rings. The van der Waals surface area contributed by atoms with Gasteiger partial charge < -0.3 is 10.4 Å². The van der Waals surface area contributed by atoms with Crippen LogP contribution in [0.3, 0.4) is 0 Å². The molecule has 0 radical (unpaired) electrons. The minimum atomic E-state index is 0.357. The molecule has 1 aliphatic carbocycles. The Morgan fingerprint density at radius 2 is 2.25 bits per heavy atom. The topological polar surface area (TPSA) is 32.3 Å². The van der Waals surface area contributed by atoms with Gasteiger partial charge in [0.15, 0.2) is 0 Å². The van der Waals surface area contributed by atoms with Gasteiger partial charge in [-0.05, 0) is 47.7 Å². The van der Waals surface area contributed by atoms with Crippen LogP contribution in [0.5, 0.6) is 5.75 Å². The molecule has 1 aromatic rings. The van der Waals surface area contributed by atoms with Crippen LogP contribution in [0.1, 0.15) is 31.7 Å². The fourth-order valence-corrected chi connectivity index (χ4v) is 2.49. The number of halogens is 1. The highest BCUT2D eigenvalue weighted by atomic mass is 79.9. The molecule has 16 heavy (non-hydrogen) atoms. The molecule has 2 rings (SSSR count). The van der Waals surface area contributed by atoms with E-state index in [2.05, 4.69) is 28.2 Å². The summed E-state index contributed by atoms with van der Waals surface area (Å²) in [7, 11) is 0. The van der Waals surface area contributed by atoms with Crippen molar-refractivity contribution in [3.8, 4) is 5.75 Å². The third kappa shape index (κ3) is 2.58. The summed E-state index contributed by atoms with van der Waals surface area (Å²) in [6, 6.07) is 6.32. The summed E-state index contributed by atoms with van der Waals surface area (Å²) in [5.74, 6) is 1.19. The van der Waals surface area contributed by atoms with Crippen molar-refractivity contribution < 1.29 is 5.11 Å². The van der Waals surface area contributed by atoms with Crippen molar-refractivity contribution in [2.24, 2.45) is 5.92 Å². The molecule has 1 fully saturated rings. The average Bonchev–Trinajstić information content (AvgIpc) is 2.18. The Kier molecular flexibility index (Phi) is 3.87. The first-order valence-electron chi connectivity index (χ1n) is 5.88. The molecule has 0 aromatic heterocycles. The number of para-hydroxylation sites is 1. The Hall–Kier alpha value is -0.540. The fourth-order valence-electron chi connectivity index (χ4n) is 2.08. The third-order valence-electron chi connectivity index (χ3n) is 3.54. The molecule has 0 spiro atoms. The predicted molar refractivity (Wildman–Crippen MR) is 69.4 cm³/mol. The molecule has 3 heteroatoms. The Labute approximate surface area is 105 Å². The van der Waals surface area contributed by atoms with Gasteiger partial charge in [-0.25, -0.2) is 0 Å². The summed E-state index contributed by atoms with van der Waals surface area (Å²) in [5.41, 5.74) is 0.959. The fraction of sp³-hybridized carbons (Fsp3) is 0.538. The number of rotatable bonds is 4. The van der Waals surface area contributed by atoms with Crippen molar-refractivity contribution in [1.29, 1.82) is 0 Å². The molecule has 2 nitrogen and oxygen atoms in total. The highest BCUT2D eigenvalue weighted by Crippen LogP contribution is 2.30. The molecule has 1 aromatic carbocycles. The quantitative estimate of drug-likeness (QED) is 0.887. The zero-order chi connectivity index (χ0) is 11.5. The third-order valence-corrected chi connectivity index (χ3v) is 4.18. The Morgan fingerprint density at radius 3 is 2.88 bits per heavy atom. The van der Waals surface area contributed by atoms with Gasteiger partial charge in [-0.2, -0.15) is 0 Å². The minimum absolute atomic E-state index is 0.357. The molecule has 1 atom stereocenters. The van der Waals surface area contributed by atoms with Gasteiger partial charge in [0.05, 0.1) is 4.47 Å². The van der Waals surface area contributed by atoms with Gasteiger partial charge in [-0.1, -0.05) is 18.6 Å². The maximum absolute atomic E-state index is 9.83. The second-order valence-corrected chi connectivity index (χ2v) is 5.46. The highest BCUT2D eigenvalue weighted by molar-refractivity contribution is 9.10. The normalized spacial score (nSPS) is 18.1. The number of phenols is 1. The van der Waals surface area contributed by atoms with Crippen molar-refractivity contribution >= 4 is 15.9 Å². The number of aromatic hydroxyl groups is 1. The number of benzene rings is 1. The number of hydrogen-bond acceptors (Lipinski definition) is 2. The van der Waals surface area contributed by atoms with Crippen molar-refractivity contribution in [2.75, 3.05) is 0 Å². The maximum atomic E-state index is 9.83. The van der Waals surface area contributed by atoms with Crippen molar-refractivity contribution in [1.82, 2.24) is 5.32 Å². The van der Waals surface area contributed by atoms with Gasteiger partial charge in [0, 0.05) is 18.2 Å². The molecule has 0 saturated heterocycles. The lowest BCUT2D eigenvalue weighted by molar-refractivity contribution is 0.239. The van der Waals surface area contributed by atoms with E-state index >= 15 is 0 Å². The van der Waals surface area contributed by atoms with Crippen LogP contribution in [0.2, 0.25) is 0 Å². The average molecular weight is 284 g/mol. The summed E-state index contributed by atoms with van der Waals surface area (Å²) < 4.78 is 0.767. The standard InChI is InChI=1S/C13H18BrNO/c1-9(10-4-2-5-10)15-8-11-6-3-7-12(14)13(11)16/h3,6-7,9-10,15-16H,2,4-5,8H2,1H3. The molecule has 2 N–H and O–H groups in total. The van der Waals surface area contributed by atoms with E-state index in [1.54, 1.807) is 0 Å². The monoisotopic (exact) mass is 283 g/mol. The first-order valence-corrected chi connectivity index (χ1v) is 6.67. The zero-order valence-electron chi connectivity index (χ0n) is 9.54. The molecule has 0 amide bonds. The van der Waals surface area contributed by atoms with Gasteiger partial charge in [0.25, 0.3) is 0 Å². The van der Waals surface area contributed by atoms with Crippen molar-refractivity contribution in [2.45, 2.75) is 38.8 Å². The van der Waals surface area contributed by atoms with E-state index in [9.17, 15) is 5.11 Å². The predicted octanol–water partition coefficient (Wildman–Crippen LogP) is 3.43. The van der Waals surface area contributed by atoms with Gasteiger partial charge in [-0.3, -0.25) is 0 Å². The van der Waals surface area contributed by atoms with E-state index in [0.29, 0.717) is 11.8 Å². The molecular weight excluding hydrogens is 266 g/mol. The van der Waals surface area contributed by atoms with E-state index < -0.39 is 0 Å². The van der Waals surface area contributed by atoms with Crippen LogP contribution in [-0.2, 0) is 6.54 Å². The van der Waals surface area contributed by atoms with Crippen LogP contribution in [0.15, 0.2) is 22.7 Å². The zero-order valence-corrected chi connectivity index (χ0v) is 11.1. The van der Waals surface area contributed by atoms with Gasteiger partial charge in [0.1, 0.15) is 5.75 Å². The molecule has 88 valence electrons. The summed E-state index contributed by atoms with van der Waals surface area (Å²) in [6.45, 7) is 2.97. The molecule has 1 saturated carbocycles. The van der Waals surface area contributed by atoms with E-state index in [1.807, 2.05) is 18.2 Å². The highest BCUT2D eigenvalue weighted by Gasteiger charge is 2.23. The van der Waals surface area contributed by atoms with Crippen molar-refractivity contribution in [3.05, 3.63) is 28.2 Å². The van der Waals surface area contributed by atoms with Gasteiger partial charge in [0.2, 0.25) is 0 Å². The Bertz CT molecular complexity index is 363. The lowest BCUT2D eigenvalue weighted by Gasteiger charge is -2.32. The van der Waals surface area contributed by atoms with E-state index in [-0.39, 0.29) is 0 Å². The number of phenolic OH excluding ortho intramolecular Hbond substituents is 1. The second kappa shape index (κ2) is 5.19.